The molecule has 0 spiro atoms. The predicted octanol–water partition coefficient (Wildman–Crippen LogP) is 1.59. The first-order chi connectivity index (χ1) is 9.39. The van der Waals surface area contributed by atoms with Crippen LogP contribution in [-0.4, -0.2) is 39.0 Å². The zero-order valence-corrected chi connectivity index (χ0v) is 12.8. The molecule has 1 fully saturated rings. The van der Waals surface area contributed by atoms with Crippen molar-refractivity contribution in [1.82, 2.24) is 4.31 Å². The Morgan fingerprint density at radius 2 is 1.65 bits per heavy atom. The Hall–Kier alpha value is -1.11. The number of rotatable bonds is 4. The highest BCUT2D eigenvalue weighted by Gasteiger charge is 2.20. The first-order valence-corrected chi connectivity index (χ1v) is 8.28. The minimum Gasteiger partial charge on any atom is -0.490 e. The number of hydrogen-bond acceptors (Lipinski definition) is 4. The van der Waals surface area contributed by atoms with Crippen LogP contribution >= 0.6 is 0 Å². The van der Waals surface area contributed by atoms with Crippen molar-refractivity contribution in [3.05, 3.63) is 24.3 Å². The fourth-order valence-electron chi connectivity index (χ4n) is 2.30. The summed E-state index contributed by atoms with van der Waals surface area (Å²) in [5.41, 5.74) is 5.86. The van der Waals surface area contributed by atoms with Gasteiger partial charge in [-0.15, -0.1) is 0 Å². The Balaban J connectivity index is 2.02. The maximum atomic E-state index is 11.9. The highest BCUT2D eigenvalue weighted by atomic mass is 32.2. The van der Waals surface area contributed by atoms with Crippen molar-refractivity contribution < 1.29 is 13.2 Å². The van der Waals surface area contributed by atoms with E-state index in [0.717, 1.165) is 25.7 Å². The maximum absolute atomic E-state index is 11.9. The Morgan fingerprint density at radius 3 is 2.15 bits per heavy atom. The van der Waals surface area contributed by atoms with Crippen LogP contribution in [0.5, 0.6) is 5.75 Å². The number of sulfonamides is 1. The van der Waals surface area contributed by atoms with Crippen LogP contribution in [0.1, 0.15) is 25.7 Å². The fraction of sp³-hybridized carbons (Fsp3) is 0.571. The van der Waals surface area contributed by atoms with Crippen molar-refractivity contribution in [1.29, 1.82) is 0 Å². The molecule has 1 aromatic carbocycles. The lowest BCUT2D eigenvalue weighted by Crippen LogP contribution is -2.31. The minimum absolute atomic E-state index is 0.186. The first kappa shape index (κ1) is 15.3. The van der Waals surface area contributed by atoms with Gasteiger partial charge in [-0.05, 0) is 49.9 Å². The molecule has 20 heavy (non-hydrogen) atoms. The second-order valence-electron chi connectivity index (χ2n) is 5.41. The Bertz CT molecular complexity index is 532. The fourth-order valence-corrected chi connectivity index (χ4v) is 3.20. The monoisotopic (exact) mass is 298 g/mol. The van der Waals surface area contributed by atoms with Gasteiger partial charge in [0.15, 0.2) is 0 Å². The van der Waals surface area contributed by atoms with E-state index in [1.165, 1.54) is 18.4 Å². The normalized spacial score (nSPS) is 23.8. The molecule has 1 aromatic rings. The van der Waals surface area contributed by atoms with Gasteiger partial charge >= 0.3 is 0 Å². The van der Waals surface area contributed by atoms with E-state index in [0.29, 0.717) is 11.8 Å². The summed E-state index contributed by atoms with van der Waals surface area (Å²) in [7, 11) is -0.335. The zero-order valence-electron chi connectivity index (χ0n) is 12.0. The molecule has 5 nitrogen and oxygen atoms in total. The summed E-state index contributed by atoms with van der Waals surface area (Å²) >= 11 is 0. The molecule has 0 unspecified atom stereocenters. The number of nitrogens with zero attached hydrogens (tertiary/aromatic N) is 1. The molecule has 0 radical (unpaired) electrons. The summed E-state index contributed by atoms with van der Waals surface area (Å²) in [4.78, 5) is 0.278. The second-order valence-corrected chi connectivity index (χ2v) is 7.57. The summed E-state index contributed by atoms with van der Waals surface area (Å²) in [5.74, 6) is 0.711. The number of nitrogens with two attached hydrogens (primary N) is 1. The van der Waals surface area contributed by atoms with Crippen LogP contribution in [0.15, 0.2) is 29.2 Å². The average molecular weight is 298 g/mol. The number of hydrogen-bond donors (Lipinski definition) is 1. The molecule has 2 N–H and O–H groups in total. The second kappa shape index (κ2) is 6.11. The quantitative estimate of drug-likeness (QED) is 0.916. The van der Waals surface area contributed by atoms with Crippen LogP contribution in [0.25, 0.3) is 0 Å². The van der Waals surface area contributed by atoms with Crippen molar-refractivity contribution in [2.45, 2.75) is 42.7 Å². The molecule has 2 rings (SSSR count). The van der Waals surface area contributed by atoms with Crippen LogP contribution in [0.3, 0.4) is 0 Å². The van der Waals surface area contributed by atoms with Gasteiger partial charge in [-0.2, -0.15) is 0 Å². The number of ether oxygens (including phenoxy) is 1. The molecule has 1 aliphatic rings. The van der Waals surface area contributed by atoms with Gasteiger partial charge in [-0.1, -0.05) is 0 Å². The van der Waals surface area contributed by atoms with Gasteiger partial charge in [0.1, 0.15) is 5.75 Å². The smallest absolute Gasteiger partial charge is 0.242 e. The van der Waals surface area contributed by atoms with Gasteiger partial charge in [0.25, 0.3) is 0 Å². The van der Waals surface area contributed by atoms with Crippen LogP contribution in [0, 0.1) is 0 Å². The van der Waals surface area contributed by atoms with Crippen LogP contribution in [0.2, 0.25) is 0 Å². The molecule has 6 heteroatoms. The molecule has 112 valence electrons. The van der Waals surface area contributed by atoms with Crippen LogP contribution in [0.4, 0.5) is 0 Å². The highest BCUT2D eigenvalue weighted by molar-refractivity contribution is 7.89. The predicted molar refractivity (Wildman–Crippen MR) is 78.2 cm³/mol. The van der Waals surface area contributed by atoms with Crippen LogP contribution < -0.4 is 10.5 Å². The average Bonchev–Trinajstić information content (AvgIpc) is 2.42. The van der Waals surface area contributed by atoms with E-state index in [1.807, 2.05) is 0 Å². The summed E-state index contributed by atoms with van der Waals surface area (Å²) in [6.07, 6.45) is 4.07. The summed E-state index contributed by atoms with van der Waals surface area (Å²) < 4.78 is 30.9. The standard InChI is InChI=1S/C14H22N2O3S/c1-16(2)20(17,18)14-9-7-13(8-10-14)19-12-5-3-11(15)4-6-12/h7-12H,3-6,15H2,1-2H3. The van der Waals surface area contributed by atoms with E-state index in [9.17, 15) is 8.42 Å². The van der Waals surface area contributed by atoms with Crippen molar-refractivity contribution in [2.24, 2.45) is 5.73 Å². The van der Waals surface area contributed by atoms with E-state index < -0.39 is 10.0 Å². The maximum Gasteiger partial charge on any atom is 0.242 e. The van der Waals surface area contributed by atoms with E-state index in [4.69, 9.17) is 10.5 Å². The van der Waals surface area contributed by atoms with Crippen molar-refractivity contribution in [2.75, 3.05) is 14.1 Å². The lowest BCUT2D eigenvalue weighted by molar-refractivity contribution is 0.147. The lowest BCUT2D eigenvalue weighted by atomic mass is 9.94. The van der Waals surface area contributed by atoms with E-state index in [2.05, 4.69) is 0 Å². The molecule has 1 aliphatic carbocycles. The molecule has 0 aromatic heterocycles. The van der Waals surface area contributed by atoms with Gasteiger partial charge < -0.3 is 10.5 Å². The van der Waals surface area contributed by atoms with E-state index >= 15 is 0 Å². The molecule has 1 saturated carbocycles. The molecule has 0 atom stereocenters. The lowest BCUT2D eigenvalue weighted by Gasteiger charge is -2.26. The topological polar surface area (TPSA) is 72.6 Å². The Morgan fingerprint density at radius 1 is 1.10 bits per heavy atom. The first-order valence-electron chi connectivity index (χ1n) is 6.84. The third kappa shape index (κ3) is 3.50. The number of benzene rings is 1. The zero-order chi connectivity index (χ0) is 14.8. The Kier molecular flexibility index (Phi) is 4.67. The third-order valence-corrected chi connectivity index (χ3v) is 5.45. The third-order valence-electron chi connectivity index (χ3n) is 3.62. The largest absolute Gasteiger partial charge is 0.490 e. The van der Waals surface area contributed by atoms with Gasteiger partial charge in [-0.25, -0.2) is 12.7 Å². The molecule has 0 saturated heterocycles. The SMILES string of the molecule is CN(C)S(=O)(=O)c1ccc(OC2CCC(N)CC2)cc1. The molecule has 0 amide bonds. The molecular formula is C14H22N2O3S. The summed E-state index contributed by atoms with van der Waals surface area (Å²) in [6.45, 7) is 0. The van der Waals surface area contributed by atoms with Crippen molar-refractivity contribution >= 4 is 10.0 Å². The van der Waals surface area contributed by atoms with Gasteiger partial charge in [0.05, 0.1) is 11.0 Å². The molecule has 0 bridgehead atoms. The van der Waals surface area contributed by atoms with Crippen molar-refractivity contribution in [3.8, 4) is 5.75 Å². The summed E-state index contributed by atoms with van der Waals surface area (Å²) in [5, 5.41) is 0. The molecular weight excluding hydrogens is 276 g/mol. The molecule has 0 aliphatic heterocycles. The van der Waals surface area contributed by atoms with Gasteiger partial charge in [0.2, 0.25) is 10.0 Å². The van der Waals surface area contributed by atoms with Crippen molar-refractivity contribution in [3.63, 3.8) is 0 Å². The summed E-state index contributed by atoms with van der Waals surface area (Å²) in [6, 6.07) is 6.89. The highest BCUT2D eigenvalue weighted by Crippen LogP contribution is 2.24. The van der Waals surface area contributed by atoms with E-state index in [-0.39, 0.29) is 11.0 Å². The Labute approximate surface area is 120 Å². The minimum atomic E-state index is -3.37. The van der Waals surface area contributed by atoms with Gasteiger partial charge in [0, 0.05) is 20.1 Å². The van der Waals surface area contributed by atoms with E-state index in [1.54, 1.807) is 24.3 Å². The molecule has 0 heterocycles. The van der Waals surface area contributed by atoms with Crippen LogP contribution in [-0.2, 0) is 10.0 Å². The van der Waals surface area contributed by atoms with Gasteiger partial charge in [-0.3, -0.25) is 0 Å².